The zero-order valence-electron chi connectivity index (χ0n) is 10.5. The average Bonchev–Trinajstić information content (AvgIpc) is 2.44. The number of nitrogens with one attached hydrogen (secondary N) is 1. The fourth-order valence-electron chi connectivity index (χ4n) is 1.47. The van der Waals surface area contributed by atoms with Gasteiger partial charge in [-0.15, -0.1) is 0 Å². The summed E-state index contributed by atoms with van der Waals surface area (Å²) in [6.07, 6.45) is 3.10. The van der Waals surface area contributed by atoms with Crippen LogP contribution in [0.1, 0.15) is 10.4 Å². The number of aromatic nitrogens is 4. The maximum atomic E-state index is 12.0. The first-order chi connectivity index (χ1) is 9.50. The number of ketones is 1. The first-order valence-electron chi connectivity index (χ1n) is 5.52. The number of hydrogen-bond acceptors (Lipinski definition) is 7. The van der Waals surface area contributed by atoms with Crippen LogP contribution in [0.3, 0.4) is 0 Å². The highest BCUT2D eigenvalue weighted by Gasteiger charge is 2.18. The molecule has 20 heavy (non-hydrogen) atoms. The number of anilines is 1. The van der Waals surface area contributed by atoms with Gasteiger partial charge < -0.3 is 5.73 Å². The van der Waals surface area contributed by atoms with Crippen molar-refractivity contribution in [1.29, 1.82) is 0 Å². The number of nitrogens with zero attached hydrogens (tertiary/aromatic N) is 3. The molecule has 2 heterocycles. The molecule has 0 unspecified atom stereocenters. The van der Waals surface area contributed by atoms with E-state index in [1.165, 1.54) is 7.05 Å². The number of H-pyrrole nitrogens is 1. The van der Waals surface area contributed by atoms with E-state index < -0.39 is 17.0 Å². The summed E-state index contributed by atoms with van der Waals surface area (Å²) >= 11 is 1.08. The van der Waals surface area contributed by atoms with E-state index in [2.05, 4.69) is 9.97 Å². The molecule has 8 nitrogen and oxygen atoms in total. The SMILES string of the molecule is Cn1c(N)c(C(=O)CSc2ncccn2)c(=O)[nH]c1=O. The minimum absolute atomic E-state index is 0.0461. The highest BCUT2D eigenvalue weighted by Crippen LogP contribution is 2.14. The summed E-state index contributed by atoms with van der Waals surface area (Å²) in [5, 5.41) is 0.417. The molecule has 0 radical (unpaired) electrons. The van der Waals surface area contributed by atoms with E-state index >= 15 is 0 Å². The molecule has 9 heteroatoms. The number of thioether (sulfide) groups is 1. The van der Waals surface area contributed by atoms with Crippen molar-refractivity contribution in [1.82, 2.24) is 19.5 Å². The predicted molar refractivity (Wildman–Crippen MR) is 73.8 cm³/mol. The number of rotatable bonds is 4. The maximum absolute atomic E-state index is 12.0. The van der Waals surface area contributed by atoms with E-state index in [9.17, 15) is 14.4 Å². The van der Waals surface area contributed by atoms with Gasteiger partial charge in [0.25, 0.3) is 5.56 Å². The summed E-state index contributed by atoms with van der Waals surface area (Å²) < 4.78 is 1.01. The first-order valence-corrected chi connectivity index (χ1v) is 6.51. The second-order valence-electron chi connectivity index (χ2n) is 3.82. The lowest BCUT2D eigenvalue weighted by molar-refractivity contribution is 0.102. The van der Waals surface area contributed by atoms with Gasteiger partial charge in [0.05, 0.1) is 5.75 Å². The van der Waals surface area contributed by atoms with E-state index in [1.807, 2.05) is 4.98 Å². The molecule has 0 amide bonds. The minimum atomic E-state index is -0.787. The Kier molecular flexibility index (Phi) is 3.99. The van der Waals surface area contributed by atoms with Gasteiger partial charge >= 0.3 is 5.69 Å². The van der Waals surface area contributed by atoms with Gasteiger partial charge in [-0.25, -0.2) is 14.8 Å². The van der Waals surface area contributed by atoms with E-state index in [1.54, 1.807) is 18.5 Å². The molecule has 0 atom stereocenters. The summed E-state index contributed by atoms with van der Waals surface area (Å²) in [5.41, 5.74) is 3.96. The Hall–Kier alpha value is -2.42. The van der Waals surface area contributed by atoms with Gasteiger partial charge in [0.15, 0.2) is 10.9 Å². The molecule has 0 saturated heterocycles. The Morgan fingerprint density at radius 1 is 1.40 bits per heavy atom. The van der Waals surface area contributed by atoms with Crippen molar-refractivity contribution in [2.75, 3.05) is 11.5 Å². The number of nitrogen functional groups attached to an aromatic ring is 1. The lowest BCUT2D eigenvalue weighted by atomic mass is 10.2. The lowest BCUT2D eigenvalue weighted by Gasteiger charge is -2.07. The second-order valence-corrected chi connectivity index (χ2v) is 4.76. The average molecular weight is 293 g/mol. The van der Waals surface area contributed by atoms with E-state index in [0.29, 0.717) is 5.16 Å². The summed E-state index contributed by atoms with van der Waals surface area (Å²) in [7, 11) is 1.37. The zero-order chi connectivity index (χ0) is 14.7. The van der Waals surface area contributed by atoms with E-state index in [-0.39, 0.29) is 17.1 Å². The van der Waals surface area contributed by atoms with Crippen LogP contribution in [-0.4, -0.2) is 31.1 Å². The van der Waals surface area contributed by atoms with Crippen molar-refractivity contribution in [3.63, 3.8) is 0 Å². The van der Waals surface area contributed by atoms with Gasteiger partial charge in [-0.05, 0) is 6.07 Å². The van der Waals surface area contributed by atoms with Crippen LogP contribution in [0.5, 0.6) is 0 Å². The topological polar surface area (TPSA) is 124 Å². The number of nitrogens with two attached hydrogens (primary N) is 1. The smallest absolute Gasteiger partial charge is 0.329 e. The highest BCUT2D eigenvalue weighted by atomic mass is 32.2. The molecule has 104 valence electrons. The van der Waals surface area contributed by atoms with Gasteiger partial charge in [-0.2, -0.15) is 0 Å². The fraction of sp³-hybridized carbons (Fsp3) is 0.182. The van der Waals surface area contributed by atoms with Crippen molar-refractivity contribution in [3.8, 4) is 0 Å². The molecule has 0 spiro atoms. The zero-order valence-corrected chi connectivity index (χ0v) is 11.3. The second kappa shape index (κ2) is 5.70. The van der Waals surface area contributed by atoms with Crippen molar-refractivity contribution in [3.05, 3.63) is 44.9 Å². The minimum Gasteiger partial charge on any atom is -0.384 e. The quantitative estimate of drug-likeness (QED) is 0.439. The highest BCUT2D eigenvalue weighted by molar-refractivity contribution is 7.99. The van der Waals surface area contributed by atoms with Gasteiger partial charge in [0.2, 0.25) is 0 Å². The van der Waals surface area contributed by atoms with Crippen LogP contribution >= 0.6 is 11.8 Å². The third-order valence-corrected chi connectivity index (χ3v) is 3.40. The van der Waals surface area contributed by atoms with E-state index in [0.717, 1.165) is 16.3 Å². The van der Waals surface area contributed by atoms with Crippen molar-refractivity contribution >= 4 is 23.4 Å². The Labute approximate surface area is 117 Å². The molecular weight excluding hydrogens is 282 g/mol. The molecule has 0 saturated carbocycles. The largest absolute Gasteiger partial charge is 0.384 e. The molecule has 2 aromatic rings. The van der Waals surface area contributed by atoms with Crippen LogP contribution in [0.2, 0.25) is 0 Å². The Balaban J connectivity index is 2.25. The molecule has 0 aliphatic heterocycles. The standard InChI is InChI=1S/C11H11N5O3S/c1-16-8(12)7(9(18)15-11(16)19)6(17)5-20-10-13-3-2-4-14-10/h2-4H,5,12H2,1H3,(H,15,18,19). The third kappa shape index (κ3) is 2.77. The molecule has 0 fully saturated rings. The number of aromatic amines is 1. The summed E-state index contributed by atoms with van der Waals surface area (Å²) in [6.45, 7) is 0. The predicted octanol–water partition coefficient (Wildman–Crippen LogP) is -0.579. The van der Waals surface area contributed by atoms with Gasteiger partial charge in [0.1, 0.15) is 11.4 Å². The van der Waals surface area contributed by atoms with Gasteiger partial charge in [0, 0.05) is 19.4 Å². The molecule has 0 aromatic carbocycles. The molecule has 0 bridgehead atoms. The van der Waals surface area contributed by atoms with Crippen molar-refractivity contribution < 1.29 is 4.79 Å². The fourth-order valence-corrected chi connectivity index (χ4v) is 2.14. The molecule has 0 aliphatic carbocycles. The number of Topliss-reactive ketones (excluding diaryl/α,β-unsaturated/α-hetero) is 1. The molecular formula is C11H11N5O3S. The summed E-state index contributed by atoms with van der Waals surface area (Å²) in [5.74, 6) is -0.690. The third-order valence-electron chi connectivity index (χ3n) is 2.52. The molecule has 0 aliphatic rings. The molecule has 2 aromatic heterocycles. The van der Waals surface area contributed by atoms with Crippen molar-refractivity contribution in [2.45, 2.75) is 5.16 Å². The number of carbonyl (C=O) groups excluding carboxylic acids is 1. The monoisotopic (exact) mass is 293 g/mol. The summed E-state index contributed by atoms with van der Waals surface area (Å²) in [6, 6.07) is 1.65. The van der Waals surface area contributed by atoms with Gasteiger partial charge in [-0.3, -0.25) is 19.1 Å². The van der Waals surface area contributed by atoms with Crippen LogP contribution in [0, 0.1) is 0 Å². The summed E-state index contributed by atoms with van der Waals surface area (Å²) in [4.78, 5) is 44.9. The lowest BCUT2D eigenvalue weighted by Crippen LogP contribution is -2.35. The van der Waals surface area contributed by atoms with Crippen LogP contribution in [0.4, 0.5) is 5.82 Å². The number of hydrogen-bond donors (Lipinski definition) is 2. The van der Waals surface area contributed by atoms with Crippen LogP contribution in [0.15, 0.2) is 33.2 Å². The number of carbonyl (C=O) groups is 1. The Morgan fingerprint density at radius 2 is 2.05 bits per heavy atom. The first kappa shape index (κ1) is 14.0. The van der Waals surface area contributed by atoms with Crippen LogP contribution < -0.4 is 17.0 Å². The normalized spacial score (nSPS) is 10.4. The Bertz CT molecular complexity index is 753. The molecule has 3 N–H and O–H groups in total. The maximum Gasteiger partial charge on any atom is 0.329 e. The van der Waals surface area contributed by atoms with E-state index in [4.69, 9.17) is 5.73 Å². The molecule has 2 rings (SSSR count). The van der Waals surface area contributed by atoms with Gasteiger partial charge in [-0.1, -0.05) is 11.8 Å². The van der Waals surface area contributed by atoms with Crippen LogP contribution in [0.25, 0.3) is 0 Å². The van der Waals surface area contributed by atoms with Crippen LogP contribution in [-0.2, 0) is 7.05 Å². The Morgan fingerprint density at radius 3 is 2.70 bits per heavy atom. The van der Waals surface area contributed by atoms with Crippen molar-refractivity contribution in [2.24, 2.45) is 7.05 Å².